The lowest BCUT2D eigenvalue weighted by molar-refractivity contribution is -0.158. The number of carboxylic acid groups (broad SMARTS) is 1. The molecule has 1 unspecified atom stereocenters. The first-order chi connectivity index (χ1) is 14.1. The summed E-state index contributed by atoms with van der Waals surface area (Å²) in [6.07, 6.45) is -0.0498. The maximum atomic E-state index is 13.0. The van der Waals surface area contributed by atoms with Crippen LogP contribution in [-0.4, -0.2) is 50.8 Å². The van der Waals surface area contributed by atoms with Crippen molar-refractivity contribution in [2.45, 2.75) is 32.4 Å². The van der Waals surface area contributed by atoms with Crippen molar-refractivity contribution in [1.82, 2.24) is 15.4 Å². The summed E-state index contributed by atoms with van der Waals surface area (Å²) in [5, 5.41) is 15.4. The van der Waals surface area contributed by atoms with E-state index in [0.29, 0.717) is 16.5 Å². The number of piperidine rings is 1. The number of hydrogen-bond acceptors (Lipinski definition) is 6. The Morgan fingerprint density at radius 2 is 1.97 bits per heavy atom. The molecule has 3 rings (SSSR count). The zero-order valence-corrected chi connectivity index (χ0v) is 17.1. The van der Waals surface area contributed by atoms with Crippen LogP contribution in [0.4, 0.5) is 0 Å². The molecule has 0 spiro atoms. The van der Waals surface area contributed by atoms with Gasteiger partial charge in [-0.25, -0.2) is 0 Å². The Morgan fingerprint density at radius 1 is 1.30 bits per heavy atom. The number of carbonyl (C=O) groups is 4. The molecule has 1 aromatic carbocycles. The summed E-state index contributed by atoms with van der Waals surface area (Å²) in [6, 6.07) is 8.63. The quantitative estimate of drug-likeness (QED) is 0.665. The number of hydrogen-bond donors (Lipinski definition) is 2. The average molecular weight is 434 g/mol. The lowest BCUT2D eigenvalue weighted by atomic mass is 9.82. The minimum absolute atomic E-state index is 0.0267. The molecule has 1 aliphatic rings. The third-order valence-electron chi connectivity index (χ3n) is 4.86. The van der Waals surface area contributed by atoms with Crippen molar-refractivity contribution in [1.29, 1.82) is 0 Å². The van der Waals surface area contributed by atoms with E-state index in [-0.39, 0.29) is 13.0 Å². The highest BCUT2D eigenvalue weighted by Gasteiger charge is 2.48. The topological polar surface area (TPSA) is 130 Å². The van der Waals surface area contributed by atoms with Crippen LogP contribution < -0.4 is 5.32 Å². The molecule has 0 saturated carbocycles. The van der Waals surface area contributed by atoms with Crippen molar-refractivity contribution in [2.24, 2.45) is 5.92 Å². The number of nitrogens with one attached hydrogen (secondary N) is 1. The van der Waals surface area contributed by atoms with Gasteiger partial charge in [0.15, 0.2) is 17.5 Å². The summed E-state index contributed by atoms with van der Waals surface area (Å²) in [5.41, 5.74) is 0.348. The van der Waals surface area contributed by atoms with E-state index in [1.54, 1.807) is 44.2 Å². The number of rotatable bonds is 6. The summed E-state index contributed by atoms with van der Waals surface area (Å²) in [6.45, 7) is 2.79. The number of benzene rings is 1. The fraction of sp³-hybridized carbons (Fsp3) is 0.350. The smallest absolute Gasteiger partial charge is 0.322 e. The minimum atomic E-state index is -1.58. The second-order valence-corrected chi connectivity index (χ2v) is 8.05. The largest absolute Gasteiger partial charge is 0.480 e. The Balaban J connectivity index is 1.80. The second kappa shape index (κ2) is 8.27. The van der Waals surface area contributed by atoms with Crippen molar-refractivity contribution in [3.05, 3.63) is 41.0 Å². The number of halogens is 1. The summed E-state index contributed by atoms with van der Waals surface area (Å²) in [5.74, 6) is -4.54. The lowest BCUT2D eigenvalue weighted by Crippen LogP contribution is -2.60. The van der Waals surface area contributed by atoms with Crippen molar-refractivity contribution in [2.75, 3.05) is 6.54 Å². The van der Waals surface area contributed by atoms with Crippen LogP contribution in [0.25, 0.3) is 11.3 Å². The fourth-order valence-corrected chi connectivity index (χ4v) is 3.46. The molecule has 2 N–H and O–H groups in total. The van der Waals surface area contributed by atoms with E-state index in [0.717, 1.165) is 5.56 Å². The first-order valence-electron chi connectivity index (χ1n) is 9.14. The summed E-state index contributed by atoms with van der Waals surface area (Å²) >= 11 is 5.89. The van der Waals surface area contributed by atoms with Crippen molar-refractivity contribution >= 4 is 35.2 Å². The Hall–Kier alpha value is -3.20. The van der Waals surface area contributed by atoms with E-state index in [2.05, 4.69) is 10.5 Å². The van der Waals surface area contributed by atoms with E-state index in [4.69, 9.17) is 21.2 Å². The van der Waals surface area contributed by atoms with E-state index < -0.39 is 41.6 Å². The first kappa shape index (κ1) is 21.5. The molecule has 1 aliphatic heterocycles. The third-order valence-corrected chi connectivity index (χ3v) is 5.11. The van der Waals surface area contributed by atoms with Gasteiger partial charge >= 0.3 is 5.97 Å². The molecule has 0 bridgehead atoms. The molecule has 30 heavy (non-hydrogen) atoms. The maximum absolute atomic E-state index is 13.0. The van der Waals surface area contributed by atoms with Crippen molar-refractivity contribution in [3.63, 3.8) is 0 Å². The zero-order chi connectivity index (χ0) is 22.1. The molecule has 2 aromatic rings. The highest BCUT2D eigenvalue weighted by Crippen LogP contribution is 2.32. The standard InChI is InChI=1S/C20H20ClN3O6/c1-20(2)8-14(25)17(18(28)22-9-16(26)27)19(29)24(20)10-13-7-15(30-23-13)11-3-5-12(21)6-4-11/h3-7,17H,8-10H2,1-2H3,(H,22,28)(H,26,27). The van der Waals surface area contributed by atoms with Crippen LogP contribution in [-0.2, 0) is 25.7 Å². The molecule has 1 fully saturated rings. The second-order valence-electron chi connectivity index (χ2n) is 7.61. The molecule has 158 valence electrons. The van der Waals surface area contributed by atoms with Gasteiger partial charge in [0.05, 0.1) is 6.54 Å². The number of ketones is 1. The maximum Gasteiger partial charge on any atom is 0.322 e. The molecule has 1 saturated heterocycles. The predicted octanol–water partition coefficient (Wildman–Crippen LogP) is 1.89. The SMILES string of the molecule is CC1(C)CC(=O)C(C(=O)NCC(=O)O)C(=O)N1Cc1cc(-c2ccc(Cl)cc2)on1. The van der Waals surface area contributed by atoms with Gasteiger partial charge < -0.3 is 19.8 Å². The number of likely N-dealkylation sites (tertiary alicyclic amines) is 1. The number of carbonyl (C=O) groups excluding carboxylic acids is 3. The van der Waals surface area contributed by atoms with Crippen LogP contribution >= 0.6 is 11.6 Å². The van der Waals surface area contributed by atoms with E-state index in [1.807, 2.05) is 0 Å². The molecular formula is C20H20ClN3O6. The Morgan fingerprint density at radius 3 is 2.60 bits per heavy atom. The highest BCUT2D eigenvalue weighted by atomic mass is 35.5. The Bertz CT molecular complexity index is 998. The van der Waals surface area contributed by atoms with Crippen molar-refractivity contribution in [3.8, 4) is 11.3 Å². The third kappa shape index (κ3) is 4.51. The van der Waals surface area contributed by atoms with Crippen molar-refractivity contribution < 1.29 is 28.8 Å². The van der Waals surface area contributed by atoms with Gasteiger partial charge in [0, 0.05) is 28.6 Å². The molecule has 2 heterocycles. The number of nitrogens with zero attached hydrogens (tertiary/aromatic N) is 2. The van der Waals surface area contributed by atoms with Gasteiger partial charge in [0.2, 0.25) is 11.8 Å². The van der Waals surface area contributed by atoms with Gasteiger partial charge in [-0.15, -0.1) is 0 Å². The first-order valence-corrected chi connectivity index (χ1v) is 9.51. The minimum Gasteiger partial charge on any atom is -0.480 e. The molecule has 9 nitrogen and oxygen atoms in total. The molecule has 1 atom stereocenters. The fourth-order valence-electron chi connectivity index (χ4n) is 3.33. The van der Waals surface area contributed by atoms with Gasteiger partial charge in [-0.1, -0.05) is 16.8 Å². The highest BCUT2D eigenvalue weighted by molar-refractivity contribution is 6.30. The van der Waals surface area contributed by atoms with Crippen LogP contribution in [0, 0.1) is 5.92 Å². The molecular weight excluding hydrogens is 414 g/mol. The predicted molar refractivity (Wildman–Crippen MR) is 105 cm³/mol. The summed E-state index contributed by atoms with van der Waals surface area (Å²) in [4.78, 5) is 49.7. The average Bonchev–Trinajstić information content (AvgIpc) is 3.12. The number of Topliss-reactive ketones (excluding diaryl/α,β-unsaturated/α-hetero) is 1. The van der Waals surface area contributed by atoms with Gasteiger partial charge in [-0.2, -0.15) is 0 Å². The normalized spacial score (nSPS) is 18.4. The molecule has 2 amide bonds. The molecule has 0 aliphatic carbocycles. The van der Waals surface area contributed by atoms with Crippen LogP contribution in [0.1, 0.15) is 26.0 Å². The molecule has 1 aromatic heterocycles. The molecule has 0 radical (unpaired) electrons. The van der Waals surface area contributed by atoms with Crippen LogP contribution in [0.2, 0.25) is 5.02 Å². The molecule has 10 heteroatoms. The van der Waals surface area contributed by atoms with Gasteiger partial charge in [-0.3, -0.25) is 19.2 Å². The van der Waals surface area contributed by atoms with E-state index in [9.17, 15) is 19.2 Å². The van der Waals surface area contributed by atoms with Crippen LogP contribution in [0.5, 0.6) is 0 Å². The van der Waals surface area contributed by atoms with Gasteiger partial charge in [-0.05, 0) is 38.1 Å². The van der Waals surface area contributed by atoms with Gasteiger partial charge in [0.25, 0.3) is 0 Å². The number of carboxylic acids is 1. The monoisotopic (exact) mass is 433 g/mol. The number of aromatic nitrogens is 1. The van der Waals surface area contributed by atoms with Crippen LogP contribution in [0.15, 0.2) is 34.9 Å². The Kier molecular flexibility index (Phi) is 5.93. The zero-order valence-electron chi connectivity index (χ0n) is 16.3. The van der Waals surface area contributed by atoms with Gasteiger partial charge in [0.1, 0.15) is 12.2 Å². The van der Waals surface area contributed by atoms with Crippen LogP contribution in [0.3, 0.4) is 0 Å². The number of aliphatic carboxylic acids is 1. The Labute approximate surface area is 177 Å². The van der Waals surface area contributed by atoms with E-state index in [1.165, 1.54) is 4.90 Å². The summed E-state index contributed by atoms with van der Waals surface area (Å²) < 4.78 is 5.35. The number of amides is 2. The lowest BCUT2D eigenvalue weighted by Gasteiger charge is -2.43. The summed E-state index contributed by atoms with van der Waals surface area (Å²) in [7, 11) is 0. The van der Waals surface area contributed by atoms with E-state index >= 15 is 0 Å².